The molecule has 0 aromatic carbocycles. The van der Waals surface area contributed by atoms with Crippen molar-refractivity contribution < 1.29 is 39.4 Å². The summed E-state index contributed by atoms with van der Waals surface area (Å²) in [5, 5.41) is 8.23. The van der Waals surface area contributed by atoms with E-state index in [9.17, 15) is 4.79 Å². The van der Waals surface area contributed by atoms with Gasteiger partial charge < -0.3 is 10.8 Å². The molecule has 0 radical (unpaired) electrons. The van der Waals surface area contributed by atoms with Gasteiger partial charge in [-0.2, -0.15) is 0 Å². The van der Waals surface area contributed by atoms with E-state index in [1.54, 1.807) is 13.8 Å². The Morgan fingerprint density at radius 3 is 1.54 bits per heavy atom. The Morgan fingerprint density at radius 2 is 1.54 bits per heavy atom. The first-order chi connectivity index (χ1) is 5.55. The second-order valence-corrected chi connectivity index (χ2v) is 3.95. The summed E-state index contributed by atoms with van der Waals surface area (Å²) in [5.74, 6) is -0.910. The summed E-state index contributed by atoms with van der Waals surface area (Å²) in [6.07, 6.45) is 0. The molecule has 0 rings (SSSR count). The number of hydrogen-bond donors (Lipinski definition) is 4. The van der Waals surface area contributed by atoms with Gasteiger partial charge in [-0.3, -0.25) is 4.79 Å². The van der Waals surface area contributed by atoms with Crippen molar-refractivity contribution in [1.82, 2.24) is 0 Å². The molecule has 0 saturated carbocycles. The van der Waals surface area contributed by atoms with Gasteiger partial charge in [-0.05, 0) is 5.92 Å². The summed E-state index contributed by atoms with van der Waals surface area (Å²) in [4.78, 5) is 10.0. The minimum atomic E-state index is -5.25. The van der Waals surface area contributed by atoms with Gasteiger partial charge >= 0.3 is 35.5 Å². The average molecular weight is 235 g/mol. The van der Waals surface area contributed by atoms with E-state index < -0.39 is 25.6 Å². The molecule has 13 heavy (non-hydrogen) atoms. The van der Waals surface area contributed by atoms with E-state index >= 15 is 0 Å². The zero-order valence-electron chi connectivity index (χ0n) is 7.21. The van der Waals surface area contributed by atoms with Crippen LogP contribution < -0.4 is 5.73 Å². The van der Waals surface area contributed by atoms with Crippen molar-refractivity contribution in [2.24, 2.45) is 11.7 Å². The van der Waals surface area contributed by atoms with Gasteiger partial charge in [0, 0.05) is 0 Å². The summed E-state index contributed by atoms with van der Waals surface area (Å²) >= 11 is -5.25. The fourth-order valence-corrected chi connectivity index (χ4v) is 0.285. The normalized spacial score (nSPS) is 13.1. The molecule has 7 nitrogen and oxygen atoms in total. The molecule has 0 aromatic rings. The molecule has 0 aliphatic rings. The van der Waals surface area contributed by atoms with Crippen LogP contribution in [0.25, 0.3) is 0 Å². The van der Waals surface area contributed by atoms with Crippen molar-refractivity contribution in [3.63, 3.8) is 0 Å². The van der Waals surface area contributed by atoms with Gasteiger partial charge in [0.2, 0.25) is 0 Å². The molecule has 0 aromatic heterocycles. The molecule has 0 saturated heterocycles. The van der Waals surface area contributed by atoms with Gasteiger partial charge in [-0.15, -0.1) is 0 Å². The molecule has 5 N–H and O–H groups in total. The van der Waals surface area contributed by atoms with Crippen molar-refractivity contribution in [1.29, 1.82) is 0 Å². The van der Waals surface area contributed by atoms with Gasteiger partial charge in [0.15, 0.2) is 0 Å². The second-order valence-electron chi connectivity index (χ2n) is 2.56. The third-order valence-electron chi connectivity index (χ3n) is 1.00. The van der Waals surface area contributed by atoms with Crippen LogP contribution in [0.1, 0.15) is 13.8 Å². The summed E-state index contributed by atoms with van der Waals surface area (Å²) in [6, 6.07) is -0.713. The van der Waals surface area contributed by atoms with E-state index in [-0.39, 0.29) is 5.92 Å². The summed E-state index contributed by atoms with van der Waals surface area (Å²) in [5.41, 5.74) is 5.16. The molecule has 0 heterocycles. The molecule has 0 bridgehead atoms. The van der Waals surface area contributed by atoms with Crippen LogP contribution in [0.4, 0.5) is 0 Å². The van der Waals surface area contributed by atoms with Crippen LogP contribution in [-0.2, 0) is 26.0 Å². The van der Waals surface area contributed by atoms with E-state index in [2.05, 4.69) is 0 Å². The van der Waals surface area contributed by atoms with Crippen LogP contribution in [0.15, 0.2) is 0 Å². The van der Waals surface area contributed by atoms with Crippen molar-refractivity contribution >= 4 is 5.97 Å². The summed E-state index contributed by atoms with van der Waals surface area (Å²) in [7, 11) is 0. The SMILES string of the molecule is CC(C)[C@H](N)C(=O)O.[O]=[Cr](=[O])([OH])[OH]. The van der Waals surface area contributed by atoms with Crippen molar-refractivity contribution in [2.45, 2.75) is 19.9 Å². The van der Waals surface area contributed by atoms with E-state index in [0.717, 1.165) is 0 Å². The fraction of sp³-hybridized carbons (Fsp3) is 0.800. The Labute approximate surface area is 77.6 Å². The summed E-state index contributed by atoms with van der Waals surface area (Å²) < 4.78 is 31.9. The molecule has 0 aliphatic heterocycles. The van der Waals surface area contributed by atoms with Crippen LogP contribution in [0.3, 0.4) is 0 Å². The van der Waals surface area contributed by atoms with Crippen LogP contribution in [-0.4, -0.2) is 25.4 Å². The maximum atomic E-state index is 10.0. The van der Waals surface area contributed by atoms with Gasteiger partial charge in [-0.1, -0.05) is 13.8 Å². The number of rotatable bonds is 2. The third-order valence-corrected chi connectivity index (χ3v) is 1.00. The minimum absolute atomic E-state index is 0.0208. The van der Waals surface area contributed by atoms with Gasteiger partial charge in [0.1, 0.15) is 6.04 Å². The number of nitrogens with two attached hydrogens (primary N) is 1. The first-order valence-electron chi connectivity index (χ1n) is 3.24. The molecular weight excluding hydrogens is 222 g/mol. The Balaban J connectivity index is 0. The van der Waals surface area contributed by atoms with E-state index in [1.165, 1.54) is 0 Å². The number of carbonyl (C=O) groups is 1. The molecule has 80 valence electrons. The fourth-order valence-electron chi connectivity index (χ4n) is 0.285. The molecule has 0 amide bonds. The van der Waals surface area contributed by atoms with Crippen LogP contribution in [0.5, 0.6) is 0 Å². The molecule has 8 heteroatoms. The number of aliphatic carboxylic acids is 1. The zero-order valence-corrected chi connectivity index (χ0v) is 8.48. The van der Waals surface area contributed by atoms with E-state index in [1.807, 2.05) is 0 Å². The van der Waals surface area contributed by atoms with Crippen LogP contribution in [0, 0.1) is 5.92 Å². The number of carboxylic acid groups (broad SMARTS) is 1. The monoisotopic (exact) mass is 235 g/mol. The van der Waals surface area contributed by atoms with Gasteiger partial charge in [0.25, 0.3) is 0 Å². The predicted octanol–water partition coefficient (Wildman–Crippen LogP) is -1.30. The predicted molar refractivity (Wildman–Crippen MR) is 36.3 cm³/mol. The van der Waals surface area contributed by atoms with Crippen molar-refractivity contribution in [3.05, 3.63) is 0 Å². The Kier molecular flexibility index (Phi) is 6.93. The van der Waals surface area contributed by atoms with Crippen molar-refractivity contribution in [3.8, 4) is 0 Å². The Bertz CT molecular complexity index is 238. The van der Waals surface area contributed by atoms with Crippen LogP contribution in [0.2, 0.25) is 0 Å². The standard InChI is InChI=1S/C5H11NO2.Cr.2H2O.2O/c1-3(2)4(6)5(7)8;;;;;/h3-4H,6H2,1-2H3,(H,7,8);;2*1H2;;/q;+2;;;;/p-2/t4-;;;;;/m0...../s1. The Hall–Kier alpha value is -0.518. The van der Waals surface area contributed by atoms with Crippen molar-refractivity contribution in [2.75, 3.05) is 0 Å². The molecule has 1 atom stereocenters. The van der Waals surface area contributed by atoms with Crippen LogP contribution >= 0.6 is 0 Å². The molecular formula is C5H13CrNO6. The second kappa shape index (κ2) is 6.02. The molecule has 0 aliphatic carbocycles. The van der Waals surface area contributed by atoms with E-state index in [0.29, 0.717) is 0 Å². The zero-order chi connectivity index (χ0) is 11.2. The van der Waals surface area contributed by atoms with Gasteiger partial charge in [0.05, 0.1) is 0 Å². The number of carboxylic acids is 1. The quantitative estimate of drug-likeness (QED) is 0.466. The van der Waals surface area contributed by atoms with Gasteiger partial charge in [-0.25, -0.2) is 0 Å². The molecule has 0 unspecified atom stereocenters. The topological polar surface area (TPSA) is 138 Å². The first-order valence-corrected chi connectivity index (χ1v) is 5.42. The summed E-state index contributed by atoms with van der Waals surface area (Å²) in [6.45, 7) is 3.55. The average Bonchev–Trinajstić information content (AvgIpc) is 1.81. The third kappa shape index (κ3) is 18.4. The number of hydrogen-bond acceptors (Lipinski definition) is 4. The Morgan fingerprint density at radius 1 is 1.31 bits per heavy atom. The first kappa shape index (κ1) is 15.0. The molecule has 0 fully saturated rings. The maximum absolute atomic E-state index is 10.0. The van der Waals surface area contributed by atoms with E-state index in [4.69, 9.17) is 26.8 Å². The molecule has 0 spiro atoms.